The van der Waals surface area contributed by atoms with Gasteiger partial charge in [-0.05, 0) is 18.1 Å². The number of nitrogens with zero attached hydrogens (tertiary/aromatic N) is 3. The van der Waals surface area contributed by atoms with Gasteiger partial charge in [0.05, 0.1) is 5.69 Å². The van der Waals surface area contributed by atoms with Gasteiger partial charge in [0.2, 0.25) is 0 Å². The van der Waals surface area contributed by atoms with Crippen LogP contribution in [0.1, 0.15) is 13.8 Å². The van der Waals surface area contributed by atoms with E-state index in [0.29, 0.717) is 11.7 Å². The number of hydrogen-bond acceptors (Lipinski definition) is 3. The Morgan fingerprint density at radius 3 is 2.75 bits per heavy atom. The predicted octanol–water partition coefficient (Wildman–Crippen LogP) is 2.18. The zero-order chi connectivity index (χ0) is 11.5. The fourth-order valence-corrected chi connectivity index (χ4v) is 1.56. The van der Waals surface area contributed by atoms with Gasteiger partial charge in [0.15, 0.2) is 0 Å². The lowest BCUT2D eigenvalue weighted by atomic mass is 10.2. The normalized spacial score (nSPS) is 10.9. The lowest BCUT2D eigenvalue weighted by Crippen LogP contribution is -2.09. The summed E-state index contributed by atoms with van der Waals surface area (Å²) in [6, 6.07) is 7.63. The molecule has 0 saturated heterocycles. The van der Waals surface area contributed by atoms with Crippen LogP contribution in [0.15, 0.2) is 30.5 Å². The Labute approximate surface area is 95.1 Å². The Morgan fingerprint density at radius 1 is 1.31 bits per heavy atom. The van der Waals surface area contributed by atoms with E-state index in [2.05, 4.69) is 23.9 Å². The largest absolute Gasteiger partial charge is 0.384 e. The third kappa shape index (κ3) is 2.21. The second-order valence-electron chi connectivity index (χ2n) is 4.25. The van der Waals surface area contributed by atoms with Gasteiger partial charge in [-0.25, -0.2) is 4.68 Å². The van der Waals surface area contributed by atoms with Crippen LogP contribution < -0.4 is 5.73 Å². The topological polar surface area (TPSA) is 56.7 Å². The van der Waals surface area contributed by atoms with Crippen LogP contribution in [-0.2, 0) is 6.54 Å². The molecule has 0 radical (unpaired) electrons. The Hall–Kier alpha value is -1.84. The van der Waals surface area contributed by atoms with Crippen molar-refractivity contribution >= 4 is 5.82 Å². The molecule has 2 aromatic rings. The molecular weight excluding hydrogens is 200 g/mol. The van der Waals surface area contributed by atoms with Crippen LogP contribution >= 0.6 is 0 Å². The molecule has 0 atom stereocenters. The molecule has 2 heterocycles. The SMILES string of the molecule is CC(C)Cn1nc(-c2ccccn2)cc1N. The lowest BCUT2D eigenvalue weighted by molar-refractivity contribution is 0.489. The number of nitrogen functional groups attached to an aromatic ring is 1. The molecule has 4 nitrogen and oxygen atoms in total. The molecule has 0 spiro atoms. The average Bonchev–Trinajstić information content (AvgIpc) is 2.61. The molecule has 0 aromatic carbocycles. The number of anilines is 1. The van der Waals surface area contributed by atoms with Gasteiger partial charge in [-0.1, -0.05) is 19.9 Å². The van der Waals surface area contributed by atoms with Crippen LogP contribution in [0.4, 0.5) is 5.82 Å². The highest BCUT2D eigenvalue weighted by atomic mass is 15.3. The van der Waals surface area contributed by atoms with Gasteiger partial charge in [0.1, 0.15) is 11.5 Å². The van der Waals surface area contributed by atoms with E-state index in [9.17, 15) is 0 Å². The first-order valence-electron chi connectivity index (χ1n) is 5.41. The van der Waals surface area contributed by atoms with Crippen LogP contribution in [0.2, 0.25) is 0 Å². The second kappa shape index (κ2) is 4.35. The third-order valence-corrected chi connectivity index (χ3v) is 2.28. The van der Waals surface area contributed by atoms with Gasteiger partial charge < -0.3 is 5.73 Å². The molecule has 0 bridgehead atoms. The van der Waals surface area contributed by atoms with Crippen LogP contribution in [0.3, 0.4) is 0 Å². The third-order valence-electron chi connectivity index (χ3n) is 2.28. The summed E-state index contributed by atoms with van der Waals surface area (Å²) in [5.41, 5.74) is 7.59. The van der Waals surface area contributed by atoms with E-state index >= 15 is 0 Å². The summed E-state index contributed by atoms with van der Waals surface area (Å²) in [5, 5.41) is 4.45. The van der Waals surface area contributed by atoms with Crippen molar-refractivity contribution in [3.05, 3.63) is 30.5 Å². The molecule has 4 heteroatoms. The van der Waals surface area contributed by atoms with Gasteiger partial charge in [0.25, 0.3) is 0 Å². The molecule has 0 aliphatic rings. The quantitative estimate of drug-likeness (QED) is 0.855. The zero-order valence-corrected chi connectivity index (χ0v) is 9.59. The van der Waals surface area contributed by atoms with E-state index in [1.54, 1.807) is 6.20 Å². The fourth-order valence-electron chi connectivity index (χ4n) is 1.56. The Balaban J connectivity index is 2.31. The lowest BCUT2D eigenvalue weighted by Gasteiger charge is -2.05. The van der Waals surface area contributed by atoms with Gasteiger partial charge >= 0.3 is 0 Å². The molecule has 0 aliphatic carbocycles. The molecule has 0 fully saturated rings. The molecule has 16 heavy (non-hydrogen) atoms. The molecular formula is C12H16N4. The van der Waals surface area contributed by atoms with Crippen molar-refractivity contribution in [3.63, 3.8) is 0 Å². The number of aromatic nitrogens is 3. The van der Waals surface area contributed by atoms with E-state index in [0.717, 1.165) is 17.9 Å². The molecule has 2 rings (SSSR count). The molecule has 84 valence electrons. The van der Waals surface area contributed by atoms with Gasteiger partial charge in [0, 0.05) is 18.8 Å². The van der Waals surface area contributed by atoms with Crippen molar-refractivity contribution in [3.8, 4) is 11.4 Å². The maximum Gasteiger partial charge on any atom is 0.122 e. The fraction of sp³-hybridized carbons (Fsp3) is 0.333. The van der Waals surface area contributed by atoms with Crippen LogP contribution in [0, 0.1) is 5.92 Å². The second-order valence-corrected chi connectivity index (χ2v) is 4.25. The first-order valence-corrected chi connectivity index (χ1v) is 5.41. The van der Waals surface area contributed by atoms with Crippen molar-refractivity contribution in [2.75, 3.05) is 5.73 Å². The molecule has 0 unspecified atom stereocenters. The van der Waals surface area contributed by atoms with Gasteiger partial charge in [-0.3, -0.25) is 4.98 Å². The summed E-state index contributed by atoms with van der Waals surface area (Å²) >= 11 is 0. The van der Waals surface area contributed by atoms with Crippen molar-refractivity contribution in [1.29, 1.82) is 0 Å². The summed E-state index contributed by atoms with van der Waals surface area (Å²) in [7, 11) is 0. The van der Waals surface area contributed by atoms with Gasteiger partial charge in [-0.2, -0.15) is 5.10 Å². The number of hydrogen-bond donors (Lipinski definition) is 1. The maximum absolute atomic E-state index is 5.90. The standard InChI is InChI=1S/C12H16N4/c1-9(2)8-16-12(13)7-11(15-16)10-5-3-4-6-14-10/h3-7,9H,8,13H2,1-2H3. The van der Waals surface area contributed by atoms with E-state index < -0.39 is 0 Å². The maximum atomic E-state index is 5.90. The highest BCUT2D eigenvalue weighted by Gasteiger charge is 2.08. The monoisotopic (exact) mass is 216 g/mol. The van der Waals surface area contributed by atoms with Crippen molar-refractivity contribution < 1.29 is 0 Å². The van der Waals surface area contributed by atoms with Crippen LogP contribution in [0.5, 0.6) is 0 Å². The van der Waals surface area contributed by atoms with E-state index in [1.807, 2.05) is 28.9 Å². The Morgan fingerprint density at radius 2 is 2.12 bits per heavy atom. The Bertz CT molecular complexity index is 459. The molecule has 0 saturated carbocycles. The van der Waals surface area contributed by atoms with E-state index in [4.69, 9.17) is 5.73 Å². The van der Waals surface area contributed by atoms with Crippen molar-refractivity contribution in [1.82, 2.24) is 14.8 Å². The van der Waals surface area contributed by atoms with Crippen molar-refractivity contribution in [2.24, 2.45) is 5.92 Å². The molecule has 0 aliphatic heterocycles. The summed E-state index contributed by atoms with van der Waals surface area (Å²) in [4.78, 5) is 4.25. The highest BCUT2D eigenvalue weighted by molar-refractivity contribution is 5.57. The summed E-state index contributed by atoms with van der Waals surface area (Å²) in [6.45, 7) is 5.11. The van der Waals surface area contributed by atoms with Crippen LogP contribution in [-0.4, -0.2) is 14.8 Å². The number of rotatable bonds is 3. The summed E-state index contributed by atoms with van der Waals surface area (Å²) in [5.74, 6) is 1.22. The average molecular weight is 216 g/mol. The minimum absolute atomic E-state index is 0.527. The summed E-state index contributed by atoms with van der Waals surface area (Å²) < 4.78 is 1.83. The predicted molar refractivity (Wildman–Crippen MR) is 64.7 cm³/mol. The highest BCUT2D eigenvalue weighted by Crippen LogP contribution is 2.18. The number of nitrogens with two attached hydrogens (primary N) is 1. The molecule has 0 amide bonds. The van der Waals surface area contributed by atoms with E-state index in [-0.39, 0.29) is 0 Å². The Kier molecular flexibility index (Phi) is 2.90. The first kappa shape index (κ1) is 10.7. The first-order chi connectivity index (χ1) is 7.66. The molecule has 2 aromatic heterocycles. The van der Waals surface area contributed by atoms with Crippen LogP contribution in [0.25, 0.3) is 11.4 Å². The minimum atomic E-state index is 0.527. The van der Waals surface area contributed by atoms with Crippen molar-refractivity contribution in [2.45, 2.75) is 20.4 Å². The minimum Gasteiger partial charge on any atom is -0.384 e. The summed E-state index contributed by atoms with van der Waals surface area (Å²) in [6.07, 6.45) is 1.76. The zero-order valence-electron chi connectivity index (χ0n) is 9.59. The molecule has 2 N–H and O–H groups in total. The number of pyridine rings is 1. The van der Waals surface area contributed by atoms with E-state index in [1.165, 1.54) is 0 Å². The smallest absolute Gasteiger partial charge is 0.122 e. The van der Waals surface area contributed by atoms with Gasteiger partial charge in [-0.15, -0.1) is 0 Å².